The number of carbonyl (C=O) groups excluding carboxylic acids is 1. The van der Waals surface area contributed by atoms with Crippen molar-refractivity contribution in [2.75, 3.05) is 13.3 Å². The summed E-state index contributed by atoms with van der Waals surface area (Å²) in [6, 6.07) is 11.2. The molecule has 0 aromatic heterocycles. The molecule has 7 heteroatoms. The van der Waals surface area contributed by atoms with Crippen molar-refractivity contribution in [1.29, 1.82) is 0 Å². The zero-order chi connectivity index (χ0) is 21.0. The lowest BCUT2D eigenvalue weighted by Crippen LogP contribution is -2.55. The summed E-state index contributed by atoms with van der Waals surface area (Å²) in [5.41, 5.74) is 2.08. The summed E-state index contributed by atoms with van der Waals surface area (Å²) in [5, 5.41) is 10.0. The maximum absolute atomic E-state index is 13.2. The molecule has 1 aliphatic rings. The van der Waals surface area contributed by atoms with Gasteiger partial charge >= 0.3 is 0 Å². The minimum absolute atomic E-state index is 0.0406. The highest BCUT2D eigenvalue weighted by Crippen LogP contribution is 2.27. The summed E-state index contributed by atoms with van der Waals surface area (Å²) < 4.78 is 19.1. The summed E-state index contributed by atoms with van der Waals surface area (Å²) in [6.45, 7) is 5.23. The molecule has 1 fully saturated rings. The van der Waals surface area contributed by atoms with Crippen LogP contribution in [0, 0.1) is 5.82 Å². The van der Waals surface area contributed by atoms with E-state index >= 15 is 0 Å². The number of aliphatic hydroxyl groups is 1. The first kappa shape index (κ1) is 21.3. The Morgan fingerprint density at radius 1 is 1.24 bits per heavy atom. The van der Waals surface area contributed by atoms with Gasteiger partial charge in [0.1, 0.15) is 29.9 Å². The Balaban J connectivity index is 1.71. The molecular formula is C22H24ClFN2O3. The molecule has 3 rings (SSSR count). The Morgan fingerprint density at radius 3 is 2.62 bits per heavy atom. The van der Waals surface area contributed by atoms with Crippen LogP contribution in [0.1, 0.15) is 25.0 Å². The van der Waals surface area contributed by atoms with Crippen LogP contribution in [0.5, 0.6) is 5.75 Å². The highest BCUT2D eigenvalue weighted by molar-refractivity contribution is 6.30. The van der Waals surface area contributed by atoms with Crippen LogP contribution in [0.4, 0.5) is 4.39 Å². The van der Waals surface area contributed by atoms with Crippen molar-refractivity contribution >= 4 is 17.5 Å². The van der Waals surface area contributed by atoms with Crippen LogP contribution in [0.2, 0.25) is 5.02 Å². The number of piperazine rings is 1. The molecule has 0 amide bonds. The van der Waals surface area contributed by atoms with E-state index in [1.54, 1.807) is 30.3 Å². The topological polar surface area (TPSA) is 53.0 Å². The normalized spacial score (nSPS) is 19.9. The number of aliphatic hydroxyl groups excluding tert-OH is 1. The predicted molar refractivity (Wildman–Crippen MR) is 110 cm³/mol. The molecule has 0 bridgehead atoms. The van der Waals surface area contributed by atoms with Crippen molar-refractivity contribution in [1.82, 2.24) is 9.80 Å². The molecule has 29 heavy (non-hydrogen) atoms. The van der Waals surface area contributed by atoms with Crippen molar-refractivity contribution in [3.63, 3.8) is 0 Å². The molecular weight excluding hydrogens is 395 g/mol. The van der Waals surface area contributed by atoms with Crippen LogP contribution in [0.25, 0.3) is 0 Å². The summed E-state index contributed by atoms with van der Waals surface area (Å²) in [4.78, 5) is 15.8. The molecule has 2 atom stereocenters. The minimum atomic E-state index is -0.285. The van der Waals surface area contributed by atoms with E-state index in [4.69, 9.17) is 16.3 Å². The molecule has 154 valence electrons. The molecule has 2 aromatic rings. The fourth-order valence-electron chi connectivity index (χ4n) is 3.55. The highest BCUT2D eigenvalue weighted by Gasteiger charge is 2.34. The smallest absolute Gasteiger partial charge is 0.147 e. The number of nitrogens with zero attached hydrogens (tertiary/aromatic N) is 2. The first-order valence-corrected chi connectivity index (χ1v) is 9.83. The third-order valence-corrected chi connectivity index (χ3v) is 5.47. The van der Waals surface area contributed by atoms with E-state index in [2.05, 4.69) is 5.94 Å². The standard InChI is InChI=1S/C22H24ClFN2O3/c1-15-10-25(14-29-22-8-5-19(23)9-18(22)12-27)16(2)21(13-28)26(15)11-17-3-6-20(24)7-4-17/h3-9,15-16,27H,10-12,14H2,1-2H3/t15-,16+/m1/s1. The molecule has 0 unspecified atom stereocenters. The average molecular weight is 419 g/mol. The van der Waals surface area contributed by atoms with Gasteiger partial charge in [0.2, 0.25) is 0 Å². The van der Waals surface area contributed by atoms with Crippen molar-refractivity contribution in [2.24, 2.45) is 0 Å². The number of ether oxygens (including phenoxy) is 1. The van der Waals surface area contributed by atoms with Crippen molar-refractivity contribution in [3.8, 4) is 5.75 Å². The summed E-state index contributed by atoms with van der Waals surface area (Å²) in [7, 11) is 0. The number of benzene rings is 2. The molecule has 0 radical (unpaired) electrons. The maximum atomic E-state index is 13.2. The lowest BCUT2D eigenvalue weighted by atomic mass is 10.0. The molecule has 1 heterocycles. The predicted octanol–water partition coefficient (Wildman–Crippen LogP) is 3.62. The lowest BCUT2D eigenvalue weighted by Gasteiger charge is -2.45. The van der Waals surface area contributed by atoms with Gasteiger partial charge in [0.15, 0.2) is 0 Å². The van der Waals surface area contributed by atoms with Crippen molar-refractivity contribution in [2.45, 2.75) is 39.1 Å². The number of hydrogen-bond acceptors (Lipinski definition) is 5. The van der Waals surface area contributed by atoms with Crippen molar-refractivity contribution < 1.29 is 19.0 Å². The van der Waals surface area contributed by atoms with Gasteiger partial charge in [0.25, 0.3) is 0 Å². The SMILES string of the molecule is C[C@@H]1CN(COc2ccc(Cl)cc2CO)[C@@H](C)C(=C=O)N1Cc1ccc(F)cc1. The third kappa shape index (κ3) is 4.98. The van der Waals surface area contributed by atoms with Gasteiger partial charge in [-0.1, -0.05) is 23.7 Å². The molecule has 0 aliphatic carbocycles. The Labute approximate surface area is 175 Å². The first-order valence-electron chi connectivity index (χ1n) is 9.45. The van der Waals surface area contributed by atoms with Crippen LogP contribution < -0.4 is 4.74 Å². The Hall–Kier alpha value is -2.37. The van der Waals surface area contributed by atoms with Gasteiger partial charge in [0.05, 0.1) is 12.6 Å². The van der Waals surface area contributed by atoms with Crippen LogP contribution >= 0.6 is 11.6 Å². The zero-order valence-corrected chi connectivity index (χ0v) is 17.2. The van der Waals surface area contributed by atoms with Gasteiger partial charge in [-0.3, -0.25) is 4.90 Å². The maximum Gasteiger partial charge on any atom is 0.147 e. The second-order valence-corrected chi connectivity index (χ2v) is 7.66. The molecule has 1 saturated heterocycles. The highest BCUT2D eigenvalue weighted by atomic mass is 35.5. The average Bonchev–Trinajstić information content (AvgIpc) is 2.71. The number of hydrogen-bond donors (Lipinski definition) is 1. The Bertz CT molecular complexity index is 899. The second-order valence-electron chi connectivity index (χ2n) is 7.22. The molecule has 0 saturated carbocycles. The van der Waals surface area contributed by atoms with Crippen molar-refractivity contribution in [3.05, 3.63) is 70.1 Å². The summed E-state index contributed by atoms with van der Waals surface area (Å²) >= 11 is 5.97. The fourth-order valence-corrected chi connectivity index (χ4v) is 3.74. The Morgan fingerprint density at radius 2 is 1.97 bits per heavy atom. The molecule has 2 aromatic carbocycles. The lowest BCUT2D eigenvalue weighted by molar-refractivity contribution is 0.0278. The first-order chi connectivity index (χ1) is 13.9. The van der Waals surface area contributed by atoms with E-state index in [0.29, 0.717) is 35.1 Å². The molecule has 1 N–H and O–H groups in total. The van der Waals surface area contributed by atoms with E-state index in [-0.39, 0.29) is 31.2 Å². The van der Waals surface area contributed by atoms with Crippen LogP contribution in [-0.2, 0) is 17.9 Å². The van der Waals surface area contributed by atoms with Crippen LogP contribution in [0.15, 0.2) is 48.2 Å². The Kier molecular flexibility index (Phi) is 6.93. The van der Waals surface area contributed by atoms with Gasteiger partial charge in [-0.05, 0) is 49.7 Å². The molecule has 1 aliphatic heterocycles. The monoisotopic (exact) mass is 418 g/mol. The van der Waals surface area contributed by atoms with Gasteiger partial charge in [-0.15, -0.1) is 0 Å². The van der Waals surface area contributed by atoms with Gasteiger partial charge in [0, 0.05) is 29.7 Å². The molecule has 5 nitrogen and oxygen atoms in total. The van der Waals surface area contributed by atoms with E-state index < -0.39 is 0 Å². The van der Waals surface area contributed by atoms with E-state index in [1.807, 2.05) is 23.6 Å². The number of rotatable bonds is 6. The quantitative estimate of drug-likeness (QED) is 0.726. The van der Waals surface area contributed by atoms with Gasteiger partial charge in [-0.2, -0.15) is 0 Å². The largest absolute Gasteiger partial charge is 0.478 e. The third-order valence-electron chi connectivity index (χ3n) is 5.23. The fraction of sp³-hybridized carbons (Fsp3) is 0.364. The summed E-state index contributed by atoms with van der Waals surface area (Å²) in [6.07, 6.45) is 0. The van der Waals surface area contributed by atoms with E-state index in [0.717, 1.165) is 5.56 Å². The summed E-state index contributed by atoms with van der Waals surface area (Å²) in [5.74, 6) is 2.36. The molecule has 0 spiro atoms. The van der Waals surface area contributed by atoms with E-state index in [9.17, 15) is 14.3 Å². The van der Waals surface area contributed by atoms with E-state index in [1.165, 1.54) is 12.1 Å². The van der Waals surface area contributed by atoms with Gasteiger partial charge < -0.3 is 14.7 Å². The minimum Gasteiger partial charge on any atom is -0.478 e. The van der Waals surface area contributed by atoms with Gasteiger partial charge in [-0.25, -0.2) is 9.18 Å². The number of halogens is 2. The second kappa shape index (κ2) is 9.42. The van der Waals surface area contributed by atoms with Crippen LogP contribution in [0.3, 0.4) is 0 Å². The van der Waals surface area contributed by atoms with Crippen LogP contribution in [-0.4, -0.2) is 46.2 Å². The zero-order valence-electron chi connectivity index (χ0n) is 16.4.